The summed E-state index contributed by atoms with van der Waals surface area (Å²) in [6, 6.07) is 0. The molecule has 0 rings (SSSR count). The molecule has 0 aromatic carbocycles. The molecule has 0 fully saturated rings. The van der Waals surface area contributed by atoms with E-state index in [1.807, 2.05) is 0 Å². The molecule has 0 aromatic rings. The molecule has 0 aliphatic rings. The lowest BCUT2D eigenvalue weighted by Gasteiger charge is -2.02. The normalized spacial score (nSPS) is 13.8. The third kappa shape index (κ3) is 12.9. The Kier molecular flexibility index (Phi) is 6.95. The highest BCUT2D eigenvalue weighted by Gasteiger charge is 2.26. The Morgan fingerprint density at radius 1 is 0.882 bits per heavy atom. The van der Waals surface area contributed by atoms with Crippen molar-refractivity contribution in [3.05, 3.63) is 0 Å². The van der Waals surface area contributed by atoms with E-state index in [0.717, 1.165) is 0 Å². The zero-order valence-electron chi connectivity index (χ0n) is 8.25. The summed E-state index contributed by atoms with van der Waals surface area (Å²) in [7, 11) is -11.6. The van der Waals surface area contributed by atoms with Crippen LogP contribution in [0.15, 0.2) is 0 Å². The van der Waals surface area contributed by atoms with Gasteiger partial charge in [-0.15, -0.1) is 0 Å². The lowest BCUT2D eigenvalue weighted by Crippen LogP contribution is -2.22. The van der Waals surface area contributed by atoms with E-state index >= 15 is 0 Å². The van der Waals surface area contributed by atoms with Crippen LogP contribution in [0.5, 0.6) is 0 Å². The minimum absolute atomic E-state index is 0.114. The minimum Gasteiger partial charge on any atom is -0.277 e. The summed E-state index contributed by atoms with van der Waals surface area (Å²) < 4.78 is 78.4. The van der Waals surface area contributed by atoms with Gasteiger partial charge in [-0.2, -0.15) is 21.4 Å². The van der Waals surface area contributed by atoms with Crippen LogP contribution >= 0.6 is 21.6 Å². The van der Waals surface area contributed by atoms with E-state index in [-0.39, 0.29) is 33.1 Å². The summed E-state index contributed by atoms with van der Waals surface area (Å²) in [6.07, 6.45) is 0. The Morgan fingerprint density at radius 3 is 1.41 bits per heavy atom. The molecule has 3 N–H and O–H groups in total. The summed E-state index contributed by atoms with van der Waals surface area (Å²) >= 11 is 0. The highest BCUT2D eigenvalue weighted by molar-refractivity contribution is 8.70. The molecule has 0 radical (unpaired) electrons. The van der Waals surface area contributed by atoms with Gasteiger partial charge in [-0.3, -0.25) is 9.11 Å². The van der Waals surface area contributed by atoms with Crippen LogP contribution < -0.4 is 0 Å². The zero-order valence-corrected chi connectivity index (χ0v) is 12.3. The molecule has 0 bridgehead atoms. The number of rotatable bonds is 8. The second kappa shape index (κ2) is 6.70. The van der Waals surface area contributed by atoms with E-state index in [0.29, 0.717) is 0 Å². The lowest BCUT2D eigenvalue weighted by atomic mass is 10.9. The predicted octanol–water partition coefficient (Wildman–Crippen LogP) is 0.0309. The molecular formula is C4H11O8S5+. The molecule has 13 heteroatoms. The van der Waals surface area contributed by atoms with Gasteiger partial charge < -0.3 is 0 Å². The van der Waals surface area contributed by atoms with Crippen molar-refractivity contribution >= 4 is 50.1 Å². The van der Waals surface area contributed by atoms with Gasteiger partial charge >= 0.3 is 18.3 Å². The van der Waals surface area contributed by atoms with Crippen LogP contribution in [0.1, 0.15) is 0 Å². The van der Waals surface area contributed by atoms with Crippen molar-refractivity contribution in [2.45, 2.75) is 0 Å². The fourth-order valence-corrected chi connectivity index (χ4v) is 6.38. The molecule has 0 saturated carbocycles. The van der Waals surface area contributed by atoms with Crippen molar-refractivity contribution in [2.75, 3.05) is 23.0 Å². The molecule has 0 atom stereocenters. The second-order valence-electron chi connectivity index (χ2n) is 2.68. The zero-order chi connectivity index (χ0) is 13.7. The fraction of sp³-hybridized carbons (Fsp3) is 1.00. The SMILES string of the molecule is O=S(=O)(O)SCC[S+](=O)(O)CCSS(=O)(=O)O. The summed E-state index contributed by atoms with van der Waals surface area (Å²) in [5.74, 6) is -1.37. The smallest absolute Gasteiger partial charge is 0.277 e. The van der Waals surface area contributed by atoms with Gasteiger partial charge in [0.1, 0.15) is 0 Å². The molecule has 0 unspecified atom stereocenters. The van der Waals surface area contributed by atoms with Crippen LogP contribution in [-0.4, -0.2) is 53.5 Å². The highest BCUT2D eigenvalue weighted by Crippen LogP contribution is 2.15. The highest BCUT2D eigenvalue weighted by atomic mass is 33.2. The third-order valence-corrected chi connectivity index (χ3v) is 7.59. The van der Waals surface area contributed by atoms with E-state index in [4.69, 9.17) is 9.11 Å². The van der Waals surface area contributed by atoms with Crippen LogP contribution in [0.4, 0.5) is 0 Å². The van der Waals surface area contributed by atoms with Gasteiger partial charge in [-0.05, 0) is 0 Å². The van der Waals surface area contributed by atoms with Crippen LogP contribution in [0.2, 0.25) is 0 Å². The van der Waals surface area contributed by atoms with Gasteiger partial charge in [-0.25, -0.2) is 0 Å². The Hall–Kier alpha value is 0.630. The minimum atomic E-state index is -4.25. The Morgan fingerprint density at radius 2 is 1.18 bits per heavy atom. The Labute approximate surface area is 107 Å². The van der Waals surface area contributed by atoms with Crippen molar-refractivity contribution < 1.29 is 34.7 Å². The van der Waals surface area contributed by atoms with Gasteiger partial charge in [-0.1, -0.05) is 4.21 Å². The quantitative estimate of drug-likeness (QED) is 0.312. The first-order valence-electron chi connectivity index (χ1n) is 3.87. The maximum atomic E-state index is 11.3. The molecule has 0 amide bonds. The number of hydrogen-bond acceptors (Lipinski definition) is 7. The first kappa shape index (κ1) is 17.6. The van der Waals surface area contributed by atoms with E-state index in [1.54, 1.807) is 0 Å². The summed E-state index contributed by atoms with van der Waals surface area (Å²) in [4.78, 5) is 0. The molecule has 0 aliphatic carbocycles. The van der Waals surface area contributed by atoms with E-state index in [2.05, 4.69) is 0 Å². The second-order valence-corrected chi connectivity index (χ2v) is 12.0. The van der Waals surface area contributed by atoms with E-state index in [9.17, 15) is 25.6 Å². The summed E-state index contributed by atoms with van der Waals surface area (Å²) in [6.45, 7) is 0. The maximum Gasteiger partial charge on any atom is 0.319 e. The van der Waals surface area contributed by atoms with Crippen LogP contribution in [-0.2, 0) is 32.7 Å². The van der Waals surface area contributed by atoms with Crippen molar-refractivity contribution in [1.29, 1.82) is 0 Å². The Bertz CT molecular complexity index is 434. The maximum absolute atomic E-state index is 11.3. The van der Waals surface area contributed by atoms with Crippen molar-refractivity contribution in [1.82, 2.24) is 0 Å². The van der Waals surface area contributed by atoms with Gasteiger partial charge in [0, 0.05) is 21.6 Å². The molecule has 0 aliphatic heterocycles. The lowest BCUT2D eigenvalue weighted by molar-refractivity contribution is 0.500. The van der Waals surface area contributed by atoms with Crippen molar-refractivity contribution in [3.8, 4) is 0 Å². The molecule has 17 heavy (non-hydrogen) atoms. The first-order chi connectivity index (χ1) is 7.41. The largest absolute Gasteiger partial charge is 0.319 e. The monoisotopic (exact) mass is 347 g/mol. The third-order valence-electron chi connectivity index (χ3n) is 1.27. The molecular weight excluding hydrogens is 336 g/mol. The van der Waals surface area contributed by atoms with E-state index in [1.165, 1.54) is 0 Å². The van der Waals surface area contributed by atoms with Crippen LogP contribution in [0, 0.1) is 0 Å². The summed E-state index contributed by atoms with van der Waals surface area (Å²) in [5.41, 5.74) is 0. The van der Waals surface area contributed by atoms with Gasteiger partial charge in [0.15, 0.2) is 11.5 Å². The average Bonchev–Trinajstić information content (AvgIpc) is 1.96. The van der Waals surface area contributed by atoms with Gasteiger partial charge in [0.2, 0.25) is 10.2 Å². The molecule has 0 aromatic heterocycles. The molecule has 8 nitrogen and oxygen atoms in total. The first-order valence-corrected chi connectivity index (χ1v) is 11.6. The Balaban J connectivity index is 4.01. The molecule has 0 saturated heterocycles. The molecule has 0 spiro atoms. The van der Waals surface area contributed by atoms with Gasteiger partial charge in [0.05, 0.1) is 11.5 Å². The van der Waals surface area contributed by atoms with Crippen molar-refractivity contribution in [3.63, 3.8) is 0 Å². The topological polar surface area (TPSA) is 146 Å². The van der Waals surface area contributed by atoms with Crippen molar-refractivity contribution in [2.24, 2.45) is 0 Å². The fourth-order valence-electron chi connectivity index (χ4n) is 0.641. The van der Waals surface area contributed by atoms with E-state index < -0.39 is 40.0 Å². The van der Waals surface area contributed by atoms with Crippen LogP contribution in [0.25, 0.3) is 0 Å². The average molecular weight is 347 g/mol. The summed E-state index contributed by atoms with van der Waals surface area (Å²) in [5, 5.41) is 0. The standard InChI is InChI=1S/C4H10O8S5/c5-15(6,3-1-13-16(7,8)9)4-2-14-17(10,11)12/h1-4H2,(H2-,5,6,7,8,9,10,11,12)/p+1. The predicted molar refractivity (Wildman–Crippen MR) is 68.4 cm³/mol. The molecule has 104 valence electrons. The number of hydrogen-bond donors (Lipinski definition) is 3. The molecule has 0 heterocycles. The van der Waals surface area contributed by atoms with Gasteiger partial charge in [0.25, 0.3) is 0 Å². The van der Waals surface area contributed by atoms with Crippen LogP contribution in [0.3, 0.4) is 0 Å².